The van der Waals surface area contributed by atoms with E-state index in [1.165, 1.54) is 0 Å². The van der Waals surface area contributed by atoms with Crippen molar-refractivity contribution >= 4 is 11.6 Å². The molecule has 1 aliphatic heterocycles. The Morgan fingerprint density at radius 2 is 2.20 bits per heavy atom. The lowest BCUT2D eigenvalue weighted by atomic mass is 10.0. The molecule has 0 bridgehead atoms. The number of primary amides is 1. The zero-order valence-corrected chi connectivity index (χ0v) is 11.7. The first-order chi connectivity index (χ1) is 9.41. The van der Waals surface area contributed by atoms with Crippen LogP contribution in [-0.4, -0.2) is 38.1 Å². The highest BCUT2D eigenvalue weighted by Crippen LogP contribution is 2.24. The van der Waals surface area contributed by atoms with Crippen LogP contribution in [-0.2, 0) is 11.5 Å². The lowest BCUT2D eigenvalue weighted by Crippen LogP contribution is -2.48. The Bertz CT molecular complexity index is 539. The Kier molecular flexibility index (Phi) is 4.03. The number of likely N-dealkylation sites (tertiary alicyclic amines) is 1. The number of nitrogens with zero attached hydrogens (tertiary/aromatic N) is 4. The first-order valence-corrected chi connectivity index (χ1v) is 6.63. The first kappa shape index (κ1) is 14.4. The standard InChI is InChI=1S/C12H19N5O3/c1-8-11(17(19)20)9(2)16(14-8)7-15-6-4-3-5-10(15)12(13)18/h10H,3-7H2,1-2H3,(H2,13,18). The SMILES string of the molecule is Cc1nn(CN2CCCCC2C(N)=O)c(C)c1[N+](=O)[O-]. The monoisotopic (exact) mass is 281 g/mol. The van der Waals surface area contributed by atoms with Crippen LogP contribution in [0.4, 0.5) is 5.69 Å². The fraction of sp³-hybridized carbons (Fsp3) is 0.667. The number of carbonyl (C=O) groups excluding carboxylic acids is 1. The van der Waals surface area contributed by atoms with Crippen molar-refractivity contribution in [2.45, 2.75) is 45.8 Å². The van der Waals surface area contributed by atoms with Crippen molar-refractivity contribution in [1.29, 1.82) is 0 Å². The number of hydrogen-bond donors (Lipinski definition) is 1. The zero-order valence-electron chi connectivity index (χ0n) is 11.7. The molecule has 0 aromatic carbocycles. The van der Waals surface area contributed by atoms with E-state index in [4.69, 9.17) is 5.73 Å². The molecule has 110 valence electrons. The predicted molar refractivity (Wildman–Crippen MR) is 71.9 cm³/mol. The number of hydrogen-bond acceptors (Lipinski definition) is 5. The lowest BCUT2D eigenvalue weighted by molar-refractivity contribution is -0.386. The van der Waals surface area contributed by atoms with Crippen LogP contribution < -0.4 is 5.73 Å². The van der Waals surface area contributed by atoms with E-state index in [-0.39, 0.29) is 17.6 Å². The zero-order chi connectivity index (χ0) is 14.9. The van der Waals surface area contributed by atoms with Crippen molar-refractivity contribution in [2.24, 2.45) is 5.73 Å². The van der Waals surface area contributed by atoms with Gasteiger partial charge in [0.25, 0.3) is 0 Å². The van der Waals surface area contributed by atoms with Gasteiger partial charge >= 0.3 is 5.69 Å². The summed E-state index contributed by atoms with van der Waals surface area (Å²) in [5, 5.41) is 15.2. The minimum absolute atomic E-state index is 0.0395. The molecule has 1 aliphatic rings. The Hall–Kier alpha value is -1.96. The van der Waals surface area contributed by atoms with Crippen molar-refractivity contribution in [3.8, 4) is 0 Å². The second kappa shape index (κ2) is 5.58. The van der Waals surface area contributed by atoms with Crippen LogP contribution in [0.5, 0.6) is 0 Å². The average Bonchev–Trinajstić information content (AvgIpc) is 2.64. The highest BCUT2D eigenvalue weighted by molar-refractivity contribution is 5.79. The third-order valence-electron chi connectivity index (χ3n) is 3.78. The van der Waals surface area contributed by atoms with Crippen LogP contribution in [0, 0.1) is 24.0 Å². The van der Waals surface area contributed by atoms with Gasteiger partial charge in [-0.1, -0.05) is 6.42 Å². The average molecular weight is 281 g/mol. The number of aryl methyl sites for hydroxylation is 1. The van der Waals surface area contributed by atoms with E-state index in [0.29, 0.717) is 18.1 Å². The molecule has 0 aliphatic carbocycles. The highest BCUT2D eigenvalue weighted by Gasteiger charge is 2.29. The molecule has 0 radical (unpaired) electrons. The maximum absolute atomic E-state index is 11.5. The van der Waals surface area contributed by atoms with Gasteiger partial charge in [-0.05, 0) is 26.7 Å². The number of rotatable bonds is 4. The predicted octanol–water partition coefficient (Wildman–Crippen LogP) is 0.705. The fourth-order valence-electron chi connectivity index (χ4n) is 2.74. The molecule has 1 aromatic rings. The van der Waals surface area contributed by atoms with Gasteiger partial charge in [0.05, 0.1) is 17.6 Å². The van der Waals surface area contributed by atoms with Gasteiger partial charge in [-0.3, -0.25) is 19.8 Å². The highest BCUT2D eigenvalue weighted by atomic mass is 16.6. The Morgan fingerprint density at radius 1 is 1.50 bits per heavy atom. The maximum Gasteiger partial charge on any atom is 0.312 e. The lowest BCUT2D eigenvalue weighted by Gasteiger charge is -2.33. The van der Waals surface area contributed by atoms with Crippen molar-refractivity contribution < 1.29 is 9.72 Å². The molecule has 8 heteroatoms. The summed E-state index contributed by atoms with van der Waals surface area (Å²) in [6.45, 7) is 4.39. The van der Waals surface area contributed by atoms with Crippen LogP contribution in [0.15, 0.2) is 0 Å². The molecular weight excluding hydrogens is 262 g/mol. The molecule has 1 atom stereocenters. The minimum Gasteiger partial charge on any atom is -0.368 e. The molecule has 2 N–H and O–H groups in total. The van der Waals surface area contributed by atoms with E-state index < -0.39 is 4.92 Å². The number of nitrogens with two attached hydrogens (primary N) is 1. The number of nitro groups is 1. The molecule has 1 saturated heterocycles. The van der Waals surface area contributed by atoms with Gasteiger partial charge in [0.15, 0.2) is 0 Å². The topological polar surface area (TPSA) is 107 Å². The first-order valence-electron chi connectivity index (χ1n) is 6.63. The van der Waals surface area contributed by atoms with Crippen LogP contribution in [0.3, 0.4) is 0 Å². The number of amides is 1. The van der Waals surface area contributed by atoms with E-state index in [9.17, 15) is 14.9 Å². The maximum atomic E-state index is 11.5. The molecule has 1 fully saturated rings. The Morgan fingerprint density at radius 3 is 2.75 bits per heavy atom. The summed E-state index contributed by atoms with van der Waals surface area (Å²) >= 11 is 0. The van der Waals surface area contributed by atoms with E-state index in [2.05, 4.69) is 5.10 Å². The fourth-order valence-corrected chi connectivity index (χ4v) is 2.74. The normalized spacial score (nSPS) is 20.0. The van der Waals surface area contributed by atoms with E-state index in [1.54, 1.807) is 18.5 Å². The van der Waals surface area contributed by atoms with Crippen LogP contribution in [0.25, 0.3) is 0 Å². The second-order valence-electron chi connectivity index (χ2n) is 5.14. The van der Waals surface area contributed by atoms with Gasteiger partial charge in [-0.15, -0.1) is 0 Å². The molecule has 0 saturated carbocycles. The minimum atomic E-state index is -0.421. The quantitative estimate of drug-likeness (QED) is 0.646. The summed E-state index contributed by atoms with van der Waals surface area (Å²) in [4.78, 5) is 24.0. The number of aromatic nitrogens is 2. The van der Waals surface area contributed by atoms with Gasteiger partial charge in [0, 0.05) is 6.54 Å². The molecule has 0 spiro atoms. The molecular formula is C12H19N5O3. The number of carbonyl (C=O) groups is 1. The Balaban J connectivity index is 2.23. The summed E-state index contributed by atoms with van der Waals surface area (Å²) in [7, 11) is 0. The molecule has 1 amide bonds. The molecule has 1 unspecified atom stereocenters. The van der Waals surface area contributed by atoms with Crippen molar-refractivity contribution in [3.63, 3.8) is 0 Å². The van der Waals surface area contributed by atoms with E-state index in [1.807, 2.05) is 4.90 Å². The third-order valence-corrected chi connectivity index (χ3v) is 3.78. The summed E-state index contributed by atoms with van der Waals surface area (Å²) in [5.74, 6) is -0.347. The van der Waals surface area contributed by atoms with E-state index >= 15 is 0 Å². The number of piperidine rings is 1. The third kappa shape index (κ3) is 2.64. The molecule has 2 rings (SSSR count). The van der Waals surface area contributed by atoms with Crippen molar-refractivity contribution in [3.05, 3.63) is 21.5 Å². The van der Waals surface area contributed by atoms with Crippen molar-refractivity contribution in [2.75, 3.05) is 6.54 Å². The van der Waals surface area contributed by atoms with Gasteiger partial charge in [0.1, 0.15) is 11.4 Å². The summed E-state index contributed by atoms with van der Waals surface area (Å²) in [6, 6.07) is -0.313. The van der Waals surface area contributed by atoms with Crippen LogP contribution in [0.2, 0.25) is 0 Å². The van der Waals surface area contributed by atoms with E-state index in [0.717, 1.165) is 25.8 Å². The molecule has 2 heterocycles. The summed E-state index contributed by atoms with van der Waals surface area (Å²) < 4.78 is 1.58. The van der Waals surface area contributed by atoms with Crippen molar-refractivity contribution in [1.82, 2.24) is 14.7 Å². The molecule has 1 aromatic heterocycles. The largest absolute Gasteiger partial charge is 0.368 e. The van der Waals surface area contributed by atoms with Gasteiger partial charge < -0.3 is 5.73 Å². The molecule has 20 heavy (non-hydrogen) atoms. The van der Waals surface area contributed by atoms with Gasteiger partial charge in [-0.25, -0.2) is 4.68 Å². The molecule has 8 nitrogen and oxygen atoms in total. The summed E-state index contributed by atoms with van der Waals surface area (Å²) in [6.07, 6.45) is 2.70. The van der Waals surface area contributed by atoms with Gasteiger partial charge in [-0.2, -0.15) is 5.10 Å². The Labute approximate surface area is 116 Å². The summed E-state index contributed by atoms with van der Waals surface area (Å²) in [5.41, 5.74) is 6.34. The second-order valence-corrected chi connectivity index (χ2v) is 5.14. The van der Waals surface area contributed by atoms with Crippen LogP contribution in [0.1, 0.15) is 30.7 Å². The van der Waals surface area contributed by atoms with Gasteiger partial charge in [0.2, 0.25) is 5.91 Å². The smallest absolute Gasteiger partial charge is 0.312 e. The van der Waals surface area contributed by atoms with Crippen LogP contribution >= 0.6 is 0 Å².